The molecule has 37 heavy (non-hydrogen) atoms. The Morgan fingerprint density at radius 2 is 1.73 bits per heavy atom. The highest BCUT2D eigenvalue weighted by Crippen LogP contribution is 2.44. The van der Waals surface area contributed by atoms with Crippen LogP contribution in [0.1, 0.15) is 42.0 Å². The molecule has 6 nitrogen and oxygen atoms in total. The third-order valence-corrected chi connectivity index (χ3v) is 6.74. The summed E-state index contributed by atoms with van der Waals surface area (Å²) in [6.07, 6.45) is 5.06. The van der Waals surface area contributed by atoms with Crippen LogP contribution in [0.15, 0.2) is 95.6 Å². The van der Waals surface area contributed by atoms with Gasteiger partial charge in [-0.1, -0.05) is 72.8 Å². The monoisotopic (exact) mass is 494 g/mol. The molecule has 6 heteroatoms. The molecule has 1 fully saturated rings. The van der Waals surface area contributed by atoms with Crippen molar-refractivity contribution in [2.45, 2.75) is 32.2 Å². The van der Waals surface area contributed by atoms with Gasteiger partial charge in [-0.2, -0.15) is 5.10 Å². The molecule has 3 aromatic rings. The lowest BCUT2D eigenvalue weighted by Crippen LogP contribution is -2.35. The zero-order chi connectivity index (χ0) is 25.6. The first-order valence-electron chi connectivity index (χ1n) is 12.6. The Morgan fingerprint density at radius 1 is 0.973 bits per heavy atom. The van der Waals surface area contributed by atoms with Crippen LogP contribution >= 0.6 is 0 Å². The van der Waals surface area contributed by atoms with Crippen molar-refractivity contribution < 1.29 is 19.1 Å². The summed E-state index contributed by atoms with van der Waals surface area (Å²) in [7, 11) is 0. The van der Waals surface area contributed by atoms with Gasteiger partial charge in [0.1, 0.15) is 5.75 Å². The first-order chi connectivity index (χ1) is 18.1. The molecule has 1 aliphatic carbocycles. The topological polar surface area (TPSA) is 68.2 Å². The van der Waals surface area contributed by atoms with E-state index >= 15 is 0 Å². The van der Waals surface area contributed by atoms with Crippen molar-refractivity contribution in [3.63, 3.8) is 0 Å². The Labute approximate surface area is 217 Å². The summed E-state index contributed by atoms with van der Waals surface area (Å²) in [5.41, 5.74) is 5.27. The van der Waals surface area contributed by atoms with Crippen LogP contribution in [-0.4, -0.2) is 35.8 Å². The molecule has 1 saturated carbocycles. The van der Waals surface area contributed by atoms with Crippen molar-refractivity contribution in [1.29, 1.82) is 0 Å². The number of rotatable bonds is 7. The van der Waals surface area contributed by atoms with E-state index < -0.39 is 5.97 Å². The van der Waals surface area contributed by atoms with E-state index in [1.165, 1.54) is 5.01 Å². The van der Waals surface area contributed by atoms with E-state index in [4.69, 9.17) is 14.6 Å². The van der Waals surface area contributed by atoms with Crippen molar-refractivity contribution in [2.75, 3.05) is 13.2 Å². The number of allylic oxidation sites excluding steroid dienone is 1. The number of nitrogens with zero attached hydrogens (tertiary/aromatic N) is 2. The van der Waals surface area contributed by atoms with Crippen LogP contribution in [0.2, 0.25) is 0 Å². The maximum Gasteiger partial charge on any atom is 0.344 e. The van der Waals surface area contributed by atoms with Crippen LogP contribution in [0.25, 0.3) is 6.08 Å². The average Bonchev–Trinajstić information content (AvgIpc) is 3.32. The molecule has 1 heterocycles. The molecular formula is C31H30N2O4. The minimum Gasteiger partial charge on any atom is -0.482 e. The number of carbonyl (C=O) groups is 2. The Bertz CT molecular complexity index is 1320. The number of hydrogen-bond acceptors (Lipinski definition) is 5. The van der Waals surface area contributed by atoms with E-state index in [0.717, 1.165) is 47.2 Å². The van der Waals surface area contributed by atoms with Crippen molar-refractivity contribution in [3.05, 3.63) is 107 Å². The average molecular weight is 495 g/mol. The molecule has 2 unspecified atom stereocenters. The zero-order valence-electron chi connectivity index (χ0n) is 20.9. The highest BCUT2D eigenvalue weighted by atomic mass is 16.6. The fourth-order valence-electron chi connectivity index (χ4n) is 5.04. The number of ether oxygens (including phenoxy) is 2. The second-order valence-corrected chi connectivity index (χ2v) is 9.42. The molecule has 2 atom stereocenters. The third-order valence-electron chi connectivity index (χ3n) is 6.74. The maximum absolute atomic E-state index is 13.3. The minimum absolute atomic E-state index is 0.0930. The Morgan fingerprint density at radius 3 is 2.49 bits per heavy atom. The van der Waals surface area contributed by atoms with Crippen LogP contribution in [0, 0.1) is 12.8 Å². The molecule has 3 aromatic carbocycles. The van der Waals surface area contributed by atoms with E-state index in [2.05, 4.69) is 18.2 Å². The van der Waals surface area contributed by atoms with Gasteiger partial charge in [0, 0.05) is 5.92 Å². The fourth-order valence-corrected chi connectivity index (χ4v) is 5.04. The zero-order valence-corrected chi connectivity index (χ0v) is 20.9. The molecule has 0 saturated heterocycles. The molecule has 0 radical (unpaired) electrons. The molecule has 1 aliphatic heterocycles. The summed E-state index contributed by atoms with van der Waals surface area (Å²) < 4.78 is 10.8. The van der Waals surface area contributed by atoms with Gasteiger partial charge in [0.25, 0.3) is 5.91 Å². The van der Waals surface area contributed by atoms with Crippen LogP contribution in [-0.2, 0) is 14.3 Å². The van der Waals surface area contributed by atoms with Crippen LogP contribution in [0.4, 0.5) is 0 Å². The van der Waals surface area contributed by atoms with E-state index in [-0.39, 0.29) is 31.1 Å². The fraction of sp³-hybridized carbons (Fsp3) is 0.258. The van der Waals surface area contributed by atoms with Crippen molar-refractivity contribution in [3.8, 4) is 5.75 Å². The second-order valence-electron chi connectivity index (χ2n) is 9.42. The molecule has 0 N–H and O–H groups in total. The summed E-state index contributed by atoms with van der Waals surface area (Å²) in [5, 5.41) is 6.36. The van der Waals surface area contributed by atoms with Gasteiger partial charge >= 0.3 is 5.97 Å². The van der Waals surface area contributed by atoms with Crippen LogP contribution in [0.5, 0.6) is 5.75 Å². The predicted octanol–water partition coefficient (Wildman–Crippen LogP) is 5.74. The number of fused-ring (bicyclic) bond motifs is 1. The first-order valence-corrected chi connectivity index (χ1v) is 12.6. The van der Waals surface area contributed by atoms with E-state index in [1.54, 1.807) is 6.07 Å². The number of benzene rings is 3. The van der Waals surface area contributed by atoms with Gasteiger partial charge in [0.05, 0.1) is 11.8 Å². The quantitative estimate of drug-likeness (QED) is 0.393. The van der Waals surface area contributed by atoms with Gasteiger partial charge in [-0.05, 0) is 66.7 Å². The van der Waals surface area contributed by atoms with Gasteiger partial charge in [0.15, 0.2) is 13.2 Å². The standard InChI is InChI=1S/C31H30N2O4/c1-22-10-8-16-26(18-22)36-21-29(35)37-20-28(34)33-31(24-13-6-3-7-14-24)27-17-9-15-25(30(27)32-33)19-23-11-4-2-5-12-23/h2-8,10-14,16,18-19,27,31H,9,15,17,20-21H2,1H3. The first kappa shape index (κ1) is 24.5. The molecule has 1 amide bonds. The smallest absolute Gasteiger partial charge is 0.344 e. The summed E-state index contributed by atoms with van der Waals surface area (Å²) in [6, 6.07) is 27.3. The summed E-state index contributed by atoms with van der Waals surface area (Å²) in [4.78, 5) is 25.7. The van der Waals surface area contributed by atoms with Crippen LogP contribution in [0.3, 0.4) is 0 Å². The summed E-state index contributed by atoms with van der Waals surface area (Å²) >= 11 is 0. The van der Waals surface area contributed by atoms with Crippen LogP contribution < -0.4 is 4.74 Å². The molecule has 188 valence electrons. The number of amides is 1. The largest absolute Gasteiger partial charge is 0.482 e. The molecule has 0 spiro atoms. The number of aryl methyl sites for hydroxylation is 1. The highest BCUT2D eigenvalue weighted by Gasteiger charge is 2.43. The summed E-state index contributed by atoms with van der Waals surface area (Å²) in [6.45, 7) is 1.29. The van der Waals surface area contributed by atoms with Crippen molar-refractivity contribution in [1.82, 2.24) is 5.01 Å². The molecule has 0 bridgehead atoms. The van der Waals surface area contributed by atoms with E-state index in [9.17, 15) is 9.59 Å². The number of esters is 1. The molecular weight excluding hydrogens is 464 g/mol. The number of hydrazone groups is 1. The lowest BCUT2D eigenvalue weighted by molar-refractivity contribution is -0.154. The lowest BCUT2D eigenvalue weighted by atomic mass is 9.77. The Hall–Kier alpha value is -4.19. The molecule has 0 aromatic heterocycles. The van der Waals surface area contributed by atoms with Gasteiger partial charge in [-0.25, -0.2) is 9.80 Å². The van der Waals surface area contributed by atoms with E-state index in [0.29, 0.717) is 5.75 Å². The maximum atomic E-state index is 13.3. The van der Waals surface area contributed by atoms with Gasteiger partial charge < -0.3 is 9.47 Å². The van der Waals surface area contributed by atoms with Crippen molar-refractivity contribution in [2.24, 2.45) is 11.0 Å². The lowest BCUT2D eigenvalue weighted by Gasteiger charge is -2.29. The normalized spacial score (nSPS) is 19.8. The Balaban J connectivity index is 1.32. The Kier molecular flexibility index (Phi) is 7.45. The van der Waals surface area contributed by atoms with Crippen molar-refractivity contribution >= 4 is 23.7 Å². The number of carbonyl (C=O) groups excluding carboxylic acids is 2. The van der Waals surface area contributed by atoms with E-state index in [1.807, 2.05) is 73.7 Å². The molecule has 5 rings (SSSR count). The SMILES string of the molecule is Cc1cccc(OCC(=O)OCC(=O)N2N=C3C(=Cc4ccccc4)CCCC3C2c2ccccc2)c1. The van der Waals surface area contributed by atoms with Gasteiger partial charge in [0.2, 0.25) is 0 Å². The third kappa shape index (κ3) is 5.80. The predicted molar refractivity (Wildman–Crippen MR) is 143 cm³/mol. The summed E-state index contributed by atoms with van der Waals surface area (Å²) in [5.74, 6) is -0.269. The molecule has 2 aliphatic rings. The van der Waals surface area contributed by atoms with Gasteiger partial charge in [-0.3, -0.25) is 4.79 Å². The minimum atomic E-state index is -0.597. The van der Waals surface area contributed by atoms with Gasteiger partial charge in [-0.15, -0.1) is 0 Å². The number of hydrogen-bond donors (Lipinski definition) is 0. The highest BCUT2D eigenvalue weighted by molar-refractivity contribution is 6.08. The second kappa shape index (κ2) is 11.2.